The zero-order valence-electron chi connectivity index (χ0n) is 15.2. The lowest BCUT2D eigenvalue weighted by atomic mass is 10.1. The van der Waals surface area contributed by atoms with Gasteiger partial charge in [-0.25, -0.2) is 4.98 Å². The Bertz CT molecular complexity index is 901. The van der Waals surface area contributed by atoms with Gasteiger partial charge in [0.1, 0.15) is 5.82 Å². The summed E-state index contributed by atoms with van der Waals surface area (Å²) in [6.07, 6.45) is 5.70. The standard InChI is InChI=1S/C21H23N5O/c27-21(24-19-7-3-5-17-4-1-2-6-18(17)19)8-11-25-12-14-26(15-13-25)20-16-22-9-10-23-20/h1-7,9-10,16H,8,11-15H2,(H,24,27). The Morgan fingerprint density at radius 1 is 1.00 bits per heavy atom. The molecule has 0 aliphatic carbocycles. The monoisotopic (exact) mass is 361 g/mol. The first-order valence-corrected chi connectivity index (χ1v) is 9.30. The highest BCUT2D eigenvalue weighted by molar-refractivity contribution is 6.02. The maximum atomic E-state index is 12.4. The first-order valence-electron chi connectivity index (χ1n) is 9.30. The number of amides is 1. The van der Waals surface area contributed by atoms with Crippen LogP contribution in [0.5, 0.6) is 0 Å². The number of hydrogen-bond donors (Lipinski definition) is 1. The van der Waals surface area contributed by atoms with Crippen molar-refractivity contribution in [3.8, 4) is 0 Å². The number of benzene rings is 2. The topological polar surface area (TPSA) is 61.4 Å². The highest BCUT2D eigenvalue weighted by Gasteiger charge is 2.18. The van der Waals surface area contributed by atoms with Crippen LogP contribution >= 0.6 is 0 Å². The Hall–Kier alpha value is -2.99. The summed E-state index contributed by atoms with van der Waals surface area (Å²) in [6, 6.07) is 14.1. The van der Waals surface area contributed by atoms with Crippen molar-refractivity contribution in [3.63, 3.8) is 0 Å². The second kappa shape index (κ2) is 8.14. The Kier molecular flexibility index (Phi) is 5.25. The highest BCUT2D eigenvalue weighted by atomic mass is 16.1. The third-order valence-corrected chi connectivity index (χ3v) is 4.96. The van der Waals surface area contributed by atoms with Crippen molar-refractivity contribution in [2.45, 2.75) is 6.42 Å². The average Bonchev–Trinajstić information content (AvgIpc) is 2.74. The second-order valence-electron chi connectivity index (χ2n) is 6.72. The number of piperazine rings is 1. The van der Waals surface area contributed by atoms with Gasteiger partial charge in [0.15, 0.2) is 0 Å². The lowest BCUT2D eigenvalue weighted by molar-refractivity contribution is -0.116. The fourth-order valence-electron chi connectivity index (χ4n) is 3.46. The van der Waals surface area contributed by atoms with Crippen molar-refractivity contribution in [3.05, 3.63) is 61.1 Å². The third kappa shape index (κ3) is 4.23. The minimum atomic E-state index is 0.0581. The number of carbonyl (C=O) groups excluding carboxylic acids is 1. The van der Waals surface area contributed by atoms with Crippen molar-refractivity contribution in [1.82, 2.24) is 14.9 Å². The minimum Gasteiger partial charge on any atom is -0.353 e. The maximum Gasteiger partial charge on any atom is 0.225 e. The Labute approximate surface area is 158 Å². The number of fused-ring (bicyclic) bond motifs is 1. The van der Waals surface area contributed by atoms with E-state index in [1.165, 1.54) is 0 Å². The summed E-state index contributed by atoms with van der Waals surface area (Å²) in [5.41, 5.74) is 0.880. The SMILES string of the molecule is O=C(CCN1CCN(c2cnccn2)CC1)Nc1cccc2ccccc12. The predicted octanol–water partition coefficient (Wildman–Crippen LogP) is 2.78. The molecule has 138 valence electrons. The molecule has 1 amide bonds. The highest BCUT2D eigenvalue weighted by Crippen LogP contribution is 2.23. The van der Waals surface area contributed by atoms with E-state index in [2.05, 4.69) is 37.2 Å². The molecule has 2 heterocycles. The van der Waals surface area contributed by atoms with Gasteiger partial charge < -0.3 is 10.2 Å². The van der Waals surface area contributed by atoms with Gasteiger partial charge in [0.2, 0.25) is 5.91 Å². The van der Waals surface area contributed by atoms with Crippen molar-refractivity contribution < 1.29 is 4.79 Å². The summed E-state index contributed by atoms with van der Waals surface area (Å²) in [4.78, 5) is 25.5. The number of aromatic nitrogens is 2. The van der Waals surface area contributed by atoms with Gasteiger partial charge in [0.25, 0.3) is 0 Å². The molecule has 0 atom stereocenters. The lowest BCUT2D eigenvalue weighted by Gasteiger charge is -2.35. The van der Waals surface area contributed by atoms with Crippen LogP contribution in [0.2, 0.25) is 0 Å². The number of anilines is 2. The lowest BCUT2D eigenvalue weighted by Crippen LogP contribution is -2.47. The molecule has 0 spiro atoms. The zero-order chi connectivity index (χ0) is 18.5. The van der Waals surface area contributed by atoms with Crippen LogP contribution in [-0.4, -0.2) is 53.5 Å². The van der Waals surface area contributed by atoms with Crippen LogP contribution < -0.4 is 10.2 Å². The van der Waals surface area contributed by atoms with Crippen molar-refractivity contribution in [2.75, 3.05) is 42.9 Å². The molecule has 6 heteroatoms. The molecular weight excluding hydrogens is 338 g/mol. The Morgan fingerprint density at radius 3 is 2.63 bits per heavy atom. The number of carbonyl (C=O) groups is 1. The maximum absolute atomic E-state index is 12.4. The fraction of sp³-hybridized carbons (Fsp3) is 0.286. The molecule has 2 aromatic carbocycles. The third-order valence-electron chi connectivity index (χ3n) is 4.96. The van der Waals surface area contributed by atoms with E-state index in [0.29, 0.717) is 6.42 Å². The summed E-state index contributed by atoms with van der Waals surface area (Å²) >= 11 is 0. The van der Waals surface area contributed by atoms with E-state index in [-0.39, 0.29) is 5.91 Å². The molecule has 0 radical (unpaired) electrons. The van der Waals surface area contributed by atoms with Crippen molar-refractivity contribution in [2.24, 2.45) is 0 Å². The number of nitrogens with one attached hydrogen (secondary N) is 1. The second-order valence-corrected chi connectivity index (χ2v) is 6.72. The first kappa shape index (κ1) is 17.4. The molecule has 27 heavy (non-hydrogen) atoms. The van der Waals surface area contributed by atoms with Crippen LogP contribution in [0.1, 0.15) is 6.42 Å². The zero-order valence-corrected chi connectivity index (χ0v) is 15.2. The molecule has 1 N–H and O–H groups in total. The molecule has 1 saturated heterocycles. The van der Waals surface area contributed by atoms with Crippen LogP contribution in [0.15, 0.2) is 61.1 Å². The van der Waals surface area contributed by atoms with E-state index in [4.69, 9.17) is 0 Å². The van der Waals surface area contributed by atoms with E-state index in [9.17, 15) is 4.79 Å². The molecule has 1 aliphatic rings. The summed E-state index contributed by atoms with van der Waals surface area (Å²) in [5, 5.41) is 5.27. The minimum absolute atomic E-state index is 0.0581. The summed E-state index contributed by atoms with van der Waals surface area (Å²) < 4.78 is 0. The summed E-state index contributed by atoms with van der Waals surface area (Å²) in [7, 11) is 0. The Morgan fingerprint density at radius 2 is 1.81 bits per heavy atom. The van der Waals surface area contributed by atoms with E-state index in [1.54, 1.807) is 18.6 Å². The number of nitrogens with zero attached hydrogens (tertiary/aromatic N) is 4. The molecule has 4 rings (SSSR count). The van der Waals surface area contributed by atoms with E-state index in [0.717, 1.165) is 55.0 Å². The largest absolute Gasteiger partial charge is 0.353 e. The van der Waals surface area contributed by atoms with Crippen LogP contribution in [-0.2, 0) is 4.79 Å². The van der Waals surface area contributed by atoms with Gasteiger partial charge in [0, 0.05) is 62.6 Å². The number of rotatable bonds is 5. The van der Waals surface area contributed by atoms with E-state index in [1.807, 2.05) is 30.3 Å². The smallest absolute Gasteiger partial charge is 0.225 e. The first-order chi connectivity index (χ1) is 13.3. The normalized spacial score (nSPS) is 15.0. The van der Waals surface area contributed by atoms with Gasteiger partial charge in [-0.2, -0.15) is 0 Å². The van der Waals surface area contributed by atoms with E-state index >= 15 is 0 Å². The van der Waals surface area contributed by atoms with Gasteiger partial charge in [-0.1, -0.05) is 36.4 Å². The summed E-state index contributed by atoms with van der Waals surface area (Å²) in [6.45, 7) is 4.44. The van der Waals surface area contributed by atoms with Crippen LogP contribution in [0.25, 0.3) is 10.8 Å². The van der Waals surface area contributed by atoms with Crippen LogP contribution in [0.4, 0.5) is 11.5 Å². The van der Waals surface area contributed by atoms with Crippen LogP contribution in [0, 0.1) is 0 Å². The van der Waals surface area contributed by atoms with Gasteiger partial charge >= 0.3 is 0 Å². The van der Waals surface area contributed by atoms with Gasteiger partial charge in [-0.15, -0.1) is 0 Å². The summed E-state index contributed by atoms with van der Waals surface area (Å²) in [5.74, 6) is 0.980. The molecule has 0 unspecified atom stereocenters. The van der Waals surface area contributed by atoms with Gasteiger partial charge in [0.05, 0.1) is 6.20 Å². The predicted molar refractivity (Wildman–Crippen MR) is 108 cm³/mol. The molecule has 1 aromatic heterocycles. The van der Waals surface area contributed by atoms with Crippen LogP contribution in [0.3, 0.4) is 0 Å². The fourth-order valence-corrected chi connectivity index (χ4v) is 3.46. The quantitative estimate of drug-likeness (QED) is 0.757. The van der Waals surface area contributed by atoms with Gasteiger partial charge in [-0.05, 0) is 11.5 Å². The molecule has 3 aromatic rings. The van der Waals surface area contributed by atoms with Crippen molar-refractivity contribution >= 4 is 28.2 Å². The number of hydrogen-bond acceptors (Lipinski definition) is 5. The molecule has 0 saturated carbocycles. The van der Waals surface area contributed by atoms with Crippen molar-refractivity contribution in [1.29, 1.82) is 0 Å². The molecule has 6 nitrogen and oxygen atoms in total. The average molecular weight is 361 g/mol. The molecule has 0 bridgehead atoms. The molecule has 1 aliphatic heterocycles. The molecule has 1 fully saturated rings. The molecular formula is C21H23N5O. The van der Waals surface area contributed by atoms with Gasteiger partial charge in [-0.3, -0.25) is 14.7 Å². The van der Waals surface area contributed by atoms with E-state index < -0.39 is 0 Å². The Balaban J connectivity index is 1.28.